The van der Waals surface area contributed by atoms with Gasteiger partial charge in [-0.05, 0) is 43.8 Å². The van der Waals surface area contributed by atoms with E-state index >= 15 is 0 Å². The molecule has 0 saturated heterocycles. The fourth-order valence-electron chi connectivity index (χ4n) is 1.80. The van der Waals surface area contributed by atoms with Crippen LogP contribution in [0.2, 0.25) is 0 Å². The first kappa shape index (κ1) is 16.6. The lowest BCUT2D eigenvalue weighted by molar-refractivity contribution is 0.548. The van der Waals surface area contributed by atoms with E-state index in [4.69, 9.17) is 0 Å². The zero-order chi connectivity index (χ0) is 14.1. The van der Waals surface area contributed by atoms with Crippen molar-refractivity contribution in [1.82, 2.24) is 10.0 Å². The van der Waals surface area contributed by atoms with Gasteiger partial charge in [0.2, 0.25) is 10.0 Å². The molecule has 0 saturated carbocycles. The van der Waals surface area contributed by atoms with E-state index in [-0.39, 0.29) is 11.8 Å². The van der Waals surface area contributed by atoms with Crippen molar-refractivity contribution >= 4 is 21.4 Å². The lowest BCUT2D eigenvalue weighted by Gasteiger charge is -2.15. The highest BCUT2D eigenvalue weighted by molar-refractivity contribution is 7.89. The summed E-state index contributed by atoms with van der Waals surface area (Å²) in [5.74, 6) is 0.186. The highest BCUT2D eigenvalue weighted by Gasteiger charge is 2.18. The second-order valence-corrected chi connectivity index (χ2v) is 7.37. The Morgan fingerprint density at radius 3 is 2.68 bits per heavy atom. The number of nitrogens with one attached hydrogen (secondary N) is 2. The Labute approximate surface area is 120 Å². The van der Waals surface area contributed by atoms with Crippen LogP contribution in [0.25, 0.3) is 0 Å². The molecule has 0 spiro atoms. The third-order valence-corrected chi connectivity index (χ3v) is 5.27. The van der Waals surface area contributed by atoms with Crippen molar-refractivity contribution in [2.24, 2.45) is 0 Å². The Morgan fingerprint density at radius 1 is 1.32 bits per heavy atom. The number of hydrogen-bond donors (Lipinski definition) is 2. The Morgan fingerprint density at radius 2 is 2.11 bits per heavy atom. The Balaban J connectivity index is 2.40. The average Bonchev–Trinajstić information content (AvgIpc) is 2.89. The molecule has 1 rings (SSSR count). The van der Waals surface area contributed by atoms with Gasteiger partial charge in [0, 0.05) is 4.88 Å². The molecule has 2 N–H and O–H groups in total. The summed E-state index contributed by atoms with van der Waals surface area (Å²) in [6.45, 7) is 5.79. The molecule has 0 aliphatic carbocycles. The maximum absolute atomic E-state index is 12.0. The molecule has 110 valence electrons. The van der Waals surface area contributed by atoms with Crippen LogP contribution in [0.5, 0.6) is 0 Å². The van der Waals surface area contributed by atoms with Gasteiger partial charge in [-0.25, -0.2) is 13.1 Å². The van der Waals surface area contributed by atoms with Gasteiger partial charge in [-0.2, -0.15) is 0 Å². The minimum atomic E-state index is -3.19. The van der Waals surface area contributed by atoms with Crippen molar-refractivity contribution in [3.8, 4) is 0 Å². The quantitative estimate of drug-likeness (QED) is 0.653. The van der Waals surface area contributed by atoms with Crippen molar-refractivity contribution in [1.29, 1.82) is 0 Å². The first-order valence-corrected chi connectivity index (χ1v) is 9.36. The normalized spacial score (nSPS) is 13.6. The maximum Gasteiger partial charge on any atom is 0.212 e. The van der Waals surface area contributed by atoms with Crippen molar-refractivity contribution in [3.63, 3.8) is 0 Å². The van der Waals surface area contributed by atoms with Gasteiger partial charge in [-0.15, -0.1) is 11.3 Å². The molecule has 0 amide bonds. The van der Waals surface area contributed by atoms with Crippen LogP contribution in [0, 0.1) is 0 Å². The summed E-state index contributed by atoms with van der Waals surface area (Å²) in [5.41, 5.74) is 0. The summed E-state index contributed by atoms with van der Waals surface area (Å²) < 4.78 is 26.8. The standard InChI is InChI=1S/C13H24N2O2S2/c1-3-8-14-9-6-11-19(16,17)15-12(4-2)13-7-5-10-18-13/h5,7,10,12,14-15H,3-4,6,8-9,11H2,1-2H3. The van der Waals surface area contributed by atoms with Crippen LogP contribution in [0.1, 0.15) is 44.0 Å². The van der Waals surface area contributed by atoms with Crippen LogP contribution in [-0.4, -0.2) is 27.3 Å². The first-order chi connectivity index (χ1) is 9.09. The molecule has 1 heterocycles. The fraction of sp³-hybridized carbons (Fsp3) is 0.692. The molecule has 0 aliphatic rings. The van der Waals surface area contributed by atoms with Crippen molar-refractivity contribution < 1.29 is 8.42 Å². The second-order valence-electron chi connectivity index (χ2n) is 4.52. The predicted molar refractivity (Wildman–Crippen MR) is 82.1 cm³/mol. The van der Waals surface area contributed by atoms with Gasteiger partial charge in [0.25, 0.3) is 0 Å². The Bertz CT molecular complexity index is 430. The summed E-state index contributed by atoms with van der Waals surface area (Å²) in [6, 6.07) is 3.84. The summed E-state index contributed by atoms with van der Waals surface area (Å²) >= 11 is 1.59. The van der Waals surface area contributed by atoms with Crippen LogP contribution in [0.3, 0.4) is 0 Å². The summed E-state index contributed by atoms with van der Waals surface area (Å²) in [5, 5.41) is 5.19. The molecule has 1 aromatic rings. The second kappa shape index (κ2) is 8.68. The number of hydrogen-bond acceptors (Lipinski definition) is 4. The highest BCUT2D eigenvalue weighted by Crippen LogP contribution is 2.22. The van der Waals surface area contributed by atoms with Crippen LogP contribution >= 0.6 is 11.3 Å². The van der Waals surface area contributed by atoms with E-state index in [0.29, 0.717) is 6.42 Å². The number of sulfonamides is 1. The summed E-state index contributed by atoms with van der Waals surface area (Å²) in [7, 11) is -3.19. The minimum Gasteiger partial charge on any atom is -0.317 e. The van der Waals surface area contributed by atoms with Crippen LogP contribution in [-0.2, 0) is 10.0 Å². The van der Waals surface area contributed by atoms with E-state index in [1.807, 2.05) is 24.4 Å². The lowest BCUT2D eigenvalue weighted by Crippen LogP contribution is -2.31. The van der Waals surface area contributed by atoms with E-state index < -0.39 is 10.0 Å². The largest absolute Gasteiger partial charge is 0.317 e. The maximum atomic E-state index is 12.0. The first-order valence-electron chi connectivity index (χ1n) is 6.83. The van der Waals surface area contributed by atoms with Gasteiger partial charge >= 0.3 is 0 Å². The third-order valence-electron chi connectivity index (χ3n) is 2.81. The zero-order valence-corrected chi connectivity index (χ0v) is 13.3. The van der Waals surface area contributed by atoms with Crippen LogP contribution in [0.15, 0.2) is 17.5 Å². The van der Waals surface area contributed by atoms with E-state index in [9.17, 15) is 8.42 Å². The molecule has 6 heteroatoms. The molecule has 0 bridgehead atoms. The Hall–Kier alpha value is -0.430. The zero-order valence-electron chi connectivity index (χ0n) is 11.7. The highest BCUT2D eigenvalue weighted by atomic mass is 32.2. The molecule has 1 aromatic heterocycles. The molecular formula is C13H24N2O2S2. The van der Waals surface area contributed by atoms with Gasteiger partial charge < -0.3 is 5.32 Å². The van der Waals surface area contributed by atoms with Crippen molar-refractivity contribution in [2.45, 2.75) is 39.2 Å². The smallest absolute Gasteiger partial charge is 0.212 e. The predicted octanol–water partition coefficient (Wildman–Crippen LogP) is 2.51. The van der Waals surface area contributed by atoms with Crippen molar-refractivity contribution in [3.05, 3.63) is 22.4 Å². The molecule has 1 unspecified atom stereocenters. The van der Waals surface area contributed by atoms with E-state index in [1.165, 1.54) is 0 Å². The molecule has 4 nitrogen and oxygen atoms in total. The minimum absolute atomic E-state index is 0.0893. The monoisotopic (exact) mass is 304 g/mol. The molecular weight excluding hydrogens is 280 g/mol. The van der Waals surface area contributed by atoms with Gasteiger partial charge in [-0.1, -0.05) is 19.9 Å². The van der Waals surface area contributed by atoms with Crippen LogP contribution < -0.4 is 10.0 Å². The van der Waals surface area contributed by atoms with E-state index in [2.05, 4.69) is 17.0 Å². The van der Waals surface area contributed by atoms with E-state index in [1.54, 1.807) is 11.3 Å². The molecule has 0 fully saturated rings. The van der Waals surface area contributed by atoms with Crippen LogP contribution in [0.4, 0.5) is 0 Å². The summed E-state index contributed by atoms with van der Waals surface area (Å²) in [6.07, 6.45) is 2.49. The lowest BCUT2D eigenvalue weighted by atomic mass is 10.2. The Kier molecular flexibility index (Phi) is 7.60. The SMILES string of the molecule is CCCNCCCS(=O)(=O)NC(CC)c1cccs1. The topological polar surface area (TPSA) is 58.2 Å². The molecule has 0 radical (unpaired) electrons. The van der Waals surface area contributed by atoms with Crippen molar-refractivity contribution in [2.75, 3.05) is 18.8 Å². The third kappa shape index (κ3) is 6.51. The molecule has 1 atom stereocenters. The van der Waals surface area contributed by atoms with E-state index in [0.717, 1.165) is 30.8 Å². The van der Waals surface area contributed by atoms with Gasteiger partial charge in [0.05, 0.1) is 11.8 Å². The number of rotatable bonds is 10. The van der Waals surface area contributed by atoms with Gasteiger partial charge in [0.15, 0.2) is 0 Å². The van der Waals surface area contributed by atoms with Gasteiger partial charge in [0.1, 0.15) is 0 Å². The molecule has 0 aromatic carbocycles. The fourth-order valence-corrected chi connectivity index (χ4v) is 4.10. The molecule has 19 heavy (non-hydrogen) atoms. The molecule has 0 aliphatic heterocycles. The average molecular weight is 304 g/mol. The number of thiophene rings is 1. The van der Waals surface area contributed by atoms with Gasteiger partial charge in [-0.3, -0.25) is 0 Å². The summed E-state index contributed by atoms with van der Waals surface area (Å²) in [4.78, 5) is 1.08.